The average Bonchev–Trinajstić information content (AvgIpc) is 2.73. The van der Waals surface area contributed by atoms with E-state index in [-0.39, 0.29) is 0 Å². The number of pyridine rings is 1. The summed E-state index contributed by atoms with van der Waals surface area (Å²) >= 11 is 0. The van der Waals surface area contributed by atoms with E-state index in [2.05, 4.69) is 10.3 Å². The molecule has 0 saturated heterocycles. The van der Waals surface area contributed by atoms with Crippen LogP contribution in [0.25, 0.3) is 10.8 Å². The molecule has 1 aromatic heterocycles. The van der Waals surface area contributed by atoms with Crippen molar-refractivity contribution in [2.45, 2.75) is 12.0 Å². The standard InChI is InChI=1S/C21H20N2O4/c1-26-20(24)17(18-16-11-7-6-8-14(16)12-13-22-18)19(21(25)27-2)23-15-9-4-3-5-10-15/h3-13,17,19,23H,1-2H3/t17-,19+/m0/s1. The van der Waals surface area contributed by atoms with Crippen LogP contribution in [0, 0.1) is 0 Å². The highest BCUT2D eigenvalue weighted by Gasteiger charge is 2.39. The SMILES string of the molecule is COC(=O)[C@H](Nc1ccccc1)[C@@H](C(=O)OC)c1nccc2ccccc12. The molecule has 0 aliphatic heterocycles. The van der Waals surface area contributed by atoms with E-state index in [9.17, 15) is 9.59 Å². The second-order valence-corrected chi connectivity index (χ2v) is 5.93. The predicted octanol–water partition coefficient (Wildman–Crippen LogP) is 3.15. The summed E-state index contributed by atoms with van der Waals surface area (Å²) in [6.45, 7) is 0. The van der Waals surface area contributed by atoms with E-state index < -0.39 is 23.9 Å². The van der Waals surface area contributed by atoms with Crippen molar-refractivity contribution in [2.75, 3.05) is 19.5 Å². The zero-order chi connectivity index (χ0) is 19.2. The third-order valence-electron chi connectivity index (χ3n) is 4.34. The number of aromatic nitrogens is 1. The Labute approximate surface area is 157 Å². The topological polar surface area (TPSA) is 77.5 Å². The Hall–Kier alpha value is -3.41. The van der Waals surface area contributed by atoms with Crippen LogP contribution in [0.3, 0.4) is 0 Å². The number of nitrogens with one attached hydrogen (secondary N) is 1. The van der Waals surface area contributed by atoms with E-state index in [1.54, 1.807) is 18.3 Å². The lowest BCUT2D eigenvalue weighted by molar-refractivity contribution is -0.150. The maximum absolute atomic E-state index is 12.7. The molecule has 0 amide bonds. The molecule has 2 atom stereocenters. The molecule has 0 fully saturated rings. The van der Waals surface area contributed by atoms with Crippen LogP contribution in [0.4, 0.5) is 5.69 Å². The van der Waals surface area contributed by atoms with Gasteiger partial charge in [-0.25, -0.2) is 4.79 Å². The molecule has 0 unspecified atom stereocenters. The van der Waals surface area contributed by atoms with Crippen LogP contribution in [0.15, 0.2) is 66.9 Å². The fourth-order valence-electron chi connectivity index (χ4n) is 3.04. The number of para-hydroxylation sites is 1. The third-order valence-corrected chi connectivity index (χ3v) is 4.34. The zero-order valence-electron chi connectivity index (χ0n) is 15.1. The molecule has 3 aromatic rings. The summed E-state index contributed by atoms with van der Waals surface area (Å²) in [5.74, 6) is -2.13. The number of esters is 2. The summed E-state index contributed by atoms with van der Waals surface area (Å²) in [7, 11) is 2.57. The van der Waals surface area contributed by atoms with E-state index in [1.807, 2.05) is 48.5 Å². The number of methoxy groups -OCH3 is 2. The molecule has 0 bridgehead atoms. The second kappa shape index (κ2) is 8.31. The Morgan fingerprint density at radius 2 is 1.56 bits per heavy atom. The Morgan fingerprint density at radius 3 is 2.26 bits per heavy atom. The van der Waals surface area contributed by atoms with Gasteiger partial charge in [-0.1, -0.05) is 42.5 Å². The van der Waals surface area contributed by atoms with Crippen molar-refractivity contribution < 1.29 is 19.1 Å². The predicted molar refractivity (Wildman–Crippen MR) is 102 cm³/mol. The van der Waals surface area contributed by atoms with Gasteiger partial charge in [0.15, 0.2) is 0 Å². The Balaban J connectivity index is 2.13. The molecule has 0 aliphatic rings. The van der Waals surface area contributed by atoms with Crippen molar-refractivity contribution in [3.8, 4) is 0 Å². The number of rotatable bonds is 6. The number of hydrogen-bond donors (Lipinski definition) is 1. The highest BCUT2D eigenvalue weighted by Crippen LogP contribution is 2.29. The highest BCUT2D eigenvalue weighted by molar-refractivity contribution is 5.95. The monoisotopic (exact) mass is 364 g/mol. The number of anilines is 1. The van der Waals surface area contributed by atoms with E-state index in [0.717, 1.165) is 10.8 Å². The number of nitrogens with zero attached hydrogens (tertiary/aromatic N) is 1. The molecule has 138 valence electrons. The Morgan fingerprint density at radius 1 is 0.889 bits per heavy atom. The van der Waals surface area contributed by atoms with Crippen LogP contribution in [0.5, 0.6) is 0 Å². The third kappa shape index (κ3) is 3.89. The molecular formula is C21H20N2O4. The fraction of sp³-hybridized carbons (Fsp3) is 0.190. The van der Waals surface area contributed by atoms with Crippen LogP contribution >= 0.6 is 0 Å². The van der Waals surface area contributed by atoms with Gasteiger partial charge < -0.3 is 14.8 Å². The molecular weight excluding hydrogens is 344 g/mol. The van der Waals surface area contributed by atoms with Gasteiger partial charge in [0, 0.05) is 17.3 Å². The second-order valence-electron chi connectivity index (χ2n) is 5.93. The lowest BCUT2D eigenvalue weighted by Crippen LogP contribution is -2.41. The van der Waals surface area contributed by atoms with Gasteiger partial charge in [-0.15, -0.1) is 0 Å². The molecule has 27 heavy (non-hydrogen) atoms. The average molecular weight is 364 g/mol. The number of fused-ring (bicyclic) bond motifs is 1. The summed E-state index contributed by atoms with van der Waals surface area (Å²) in [6.07, 6.45) is 1.62. The molecule has 0 saturated carbocycles. The first-order valence-corrected chi connectivity index (χ1v) is 8.46. The minimum Gasteiger partial charge on any atom is -0.468 e. The van der Waals surface area contributed by atoms with Gasteiger partial charge in [-0.05, 0) is 23.6 Å². The minimum atomic E-state index is -0.997. The van der Waals surface area contributed by atoms with E-state index in [4.69, 9.17) is 9.47 Å². The number of benzene rings is 2. The number of ether oxygens (including phenoxy) is 2. The number of carbonyl (C=O) groups is 2. The summed E-state index contributed by atoms with van der Waals surface area (Å²) in [6, 6.07) is 17.5. The van der Waals surface area contributed by atoms with Gasteiger partial charge in [0.05, 0.1) is 19.9 Å². The normalized spacial score (nSPS) is 12.8. The molecule has 1 heterocycles. The van der Waals surface area contributed by atoms with Crippen LogP contribution in [-0.4, -0.2) is 37.2 Å². The number of hydrogen-bond acceptors (Lipinski definition) is 6. The zero-order valence-corrected chi connectivity index (χ0v) is 15.1. The van der Waals surface area contributed by atoms with Crippen molar-refractivity contribution in [3.63, 3.8) is 0 Å². The van der Waals surface area contributed by atoms with E-state index >= 15 is 0 Å². The Kier molecular flexibility index (Phi) is 5.66. The van der Waals surface area contributed by atoms with Gasteiger partial charge in [0.25, 0.3) is 0 Å². The lowest BCUT2D eigenvalue weighted by Gasteiger charge is -2.25. The molecule has 0 radical (unpaired) electrons. The molecule has 2 aromatic carbocycles. The summed E-state index contributed by atoms with van der Waals surface area (Å²) in [4.78, 5) is 29.7. The molecule has 6 heteroatoms. The lowest BCUT2D eigenvalue weighted by atomic mass is 9.91. The maximum Gasteiger partial charge on any atom is 0.329 e. The smallest absolute Gasteiger partial charge is 0.329 e. The van der Waals surface area contributed by atoms with Crippen LogP contribution in [0.2, 0.25) is 0 Å². The molecule has 3 rings (SSSR count). The van der Waals surface area contributed by atoms with Crippen molar-refractivity contribution in [3.05, 3.63) is 72.6 Å². The first-order valence-electron chi connectivity index (χ1n) is 8.46. The van der Waals surface area contributed by atoms with Gasteiger partial charge in [-0.2, -0.15) is 0 Å². The first kappa shape index (κ1) is 18.4. The van der Waals surface area contributed by atoms with E-state index in [0.29, 0.717) is 11.4 Å². The fourth-order valence-corrected chi connectivity index (χ4v) is 3.04. The maximum atomic E-state index is 12.7. The number of carbonyl (C=O) groups excluding carboxylic acids is 2. The Bertz CT molecular complexity index is 938. The van der Waals surface area contributed by atoms with Crippen LogP contribution < -0.4 is 5.32 Å². The first-order chi connectivity index (χ1) is 13.2. The van der Waals surface area contributed by atoms with Crippen molar-refractivity contribution in [2.24, 2.45) is 0 Å². The van der Waals surface area contributed by atoms with E-state index in [1.165, 1.54) is 14.2 Å². The highest BCUT2D eigenvalue weighted by atomic mass is 16.5. The van der Waals surface area contributed by atoms with Crippen LogP contribution in [-0.2, 0) is 19.1 Å². The molecule has 1 N–H and O–H groups in total. The minimum absolute atomic E-state index is 0.457. The summed E-state index contributed by atoms with van der Waals surface area (Å²) < 4.78 is 9.96. The molecule has 0 spiro atoms. The summed E-state index contributed by atoms with van der Waals surface area (Å²) in [5, 5.41) is 4.79. The van der Waals surface area contributed by atoms with Crippen molar-refractivity contribution >= 4 is 28.4 Å². The summed E-state index contributed by atoms with van der Waals surface area (Å²) in [5.41, 5.74) is 1.14. The van der Waals surface area contributed by atoms with Gasteiger partial charge in [0.2, 0.25) is 0 Å². The van der Waals surface area contributed by atoms with Crippen molar-refractivity contribution in [1.82, 2.24) is 4.98 Å². The van der Waals surface area contributed by atoms with Gasteiger partial charge in [-0.3, -0.25) is 9.78 Å². The largest absolute Gasteiger partial charge is 0.468 e. The van der Waals surface area contributed by atoms with Gasteiger partial charge in [0.1, 0.15) is 12.0 Å². The molecule has 6 nitrogen and oxygen atoms in total. The van der Waals surface area contributed by atoms with Crippen molar-refractivity contribution in [1.29, 1.82) is 0 Å². The quantitative estimate of drug-likeness (QED) is 0.677. The van der Waals surface area contributed by atoms with Crippen LogP contribution in [0.1, 0.15) is 11.6 Å². The molecule has 0 aliphatic carbocycles. The van der Waals surface area contributed by atoms with Gasteiger partial charge >= 0.3 is 11.9 Å².